The summed E-state index contributed by atoms with van der Waals surface area (Å²) in [5.74, 6) is -39.8. The molecule has 0 bridgehead atoms. The molecule has 1 aromatic carbocycles. The predicted molar refractivity (Wildman–Crippen MR) is 104 cm³/mol. The molecule has 0 saturated carbocycles. The third kappa shape index (κ3) is 5.57. The molecule has 0 radical (unpaired) electrons. The van der Waals surface area contributed by atoms with Crippen LogP contribution in [-0.2, 0) is 19.3 Å². The quantitative estimate of drug-likeness (QED) is 0.225. The molecule has 2 heterocycles. The molecule has 0 fully saturated rings. The monoisotopic (exact) mass is 641 g/mol. The lowest BCUT2D eigenvalue weighted by molar-refractivity contribution is -0.440. The van der Waals surface area contributed by atoms with Crippen molar-refractivity contribution in [3.05, 3.63) is 42.0 Å². The molecule has 0 aliphatic rings. The van der Waals surface area contributed by atoms with Gasteiger partial charge in [0.25, 0.3) is 0 Å². The van der Waals surface area contributed by atoms with Crippen LogP contribution < -0.4 is 4.74 Å². The first-order chi connectivity index (χ1) is 18.9. The van der Waals surface area contributed by atoms with Crippen molar-refractivity contribution in [1.29, 1.82) is 0 Å². The second kappa shape index (κ2) is 10.3. The first kappa shape index (κ1) is 32.9. The number of rotatable bonds is 10. The summed E-state index contributed by atoms with van der Waals surface area (Å²) in [5, 5.41) is 6.36. The maximum absolute atomic E-state index is 14.0. The lowest BCUT2D eigenvalue weighted by Gasteiger charge is -2.39. The first-order valence-corrected chi connectivity index (χ1v) is 10.7. The highest BCUT2D eigenvalue weighted by atomic mass is 19.4. The summed E-state index contributed by atoms with van der Waals surface area (Å²) in [6.07, 6.45) is -14.5. The van der Waals surface area contributed by atoms with Gasteiger partial charge in [0.2, 0.25) is 11.7 Å². The van der Waals surface area contributed by atoms with Gasteiger partial charge in [-0.2, -0.15) is 75.2 Å². The number of hydrogen-bond donors (Lipinski definition) is 0. The third-order valence-corrected chi connectivity index (χ3v) is 5.42. The Kier molecular flexibility index (Phi) is 8.05. The number of ether oxygens (including phenoxy) is 1. The fourth-order valence-corrected chi connectivity index (χ4v) is 3.15. The zero-order valence-corrected chi connectivity index (χ0v) is 19.7. The Morgan fingerprint density at radius 3 is 1.83 bits per heavy atom. The van der Waals surface area contributed by atoms with Crippen LogP contribution in [0.25, 0.3) is 10.9 Å². The van der Waals surface area contributed by atoms with Gasteiger partial charge >= 0.3 is 42.0 Å². The van der Waals surface area contributed by atoms with Crippen molar-refractivity contribution < 1.29 is 75.0 Å². The van der Waals surface area contributed by atoms with E-state index in [1.165, 1.54) is 24.3 Å². The lowest BCUT2D eigenvalue weighted by atomic mass is 9.92. The number of hydrogen-bond acceptors (Lipinski definition) is 5. The van der Waals surface area contributed by atoms with Crippen LogP contribution in [-0.4, -0.2) is 60.8 Å². The van der Waals surface area contributed by atoms with E-state index in [4.69, 9.17) is 4.74 Å². The third-order valence-electron chi connectivity index (χ3n) is 5.42. The van der Waals surface area contributed by atoms with E-state index in [1.54, 1.807) is 0 Å². The number of aryl methyl sites for hydroxylation is 1. The Morgan fingerprint density at radius 1 is 0.690 bits per heavy atom. The molecule has 2 aromatic heterocycles. The van der Waals surface area contributed by atoms with Gasteiger partial charge in [0.05, 0.1) is 17.1 Å². The molecule has 0 unspecified atom stereocenters. The van der Waals surface area contributed by atoms with Crippen LogP contribution in [0.1, 0.15) is 17.9 Å². The molecular formula is C20H11F16N5O. The molecule has 6 nitrogen and oxygen atoms in total. The number of aromatic nitrogens is 5. The SMILES string of the molecule is FC(F)(F)c1nc(OCc2cn(CCC(F)(F)C(F)(F)C(F)(F)C(F)(F)C(F)(F)C(F)(F)F)nn2)c2ccccc2n1. The molecule has 0 saturated heterocycles. The Hall–Kier alpha value is -3.62. The van der Waals surface area contributed by atoms with Crippen LogP contribution in [0, 0.1) is 0 Å². The number of halogens is 16. The van der Waals surface area contributed by atoms with Crippen LogP contribution in [0.15, 0.2) is 30.5 Å². The molecule has 234 valence electrons. The first-order valence-electron chi connectivity index (χ1n) is 10.7. The molecule has 0 aliphatic carbocycles. The summed E-state index contributed by atoms with van der Waals surface area (Å²) < 4.78 is 216. The maximum atomic E-state index is 14.0. The van der Waals surface area contributed by atoms with Crippen molar-refractivity contribution in [3.63, 3.8) is 0 Å². The summed E-state index contributed by atoms with van der Waals surface area (Å²) in [4.78, 5) is 6.53. The second-order valence-electron chi connectivity index (χ2n) is 8.38. The minimum atomic E-state index is -8.01. The maximum Gasteiger partial charge on any atom is 0.460 e. The van der Waals surface area contributed by atoms with Gasteiger partial charge in [-0.25, -0.2) is 4.98 Å². The van der Waals surface area contributed by atoms with E-state index in [0.29, 0.717) is 6.20 Å². The second-order valence-corrected chi connectivity index (χ2v) is 8.38. The van der Waals surface area contributed by atoms with Crippen molar-refractivity contribution in [3.8, 4) is 5.88 Å². The largest absolute Gasteiger partial charge is 0.470 e. The van der Waals surface area contributed by atoms with Gasteiger partial charge in [-0.15, -0.1) is 5.10 Å². The van der Waals surface area contributed by atoms with Gasteiger partial charge in [0.15, 0.2) is 0 Å². The topological polar surface area (TPSA) is 65.7 Å². The molecule has 0 N–H and O–H groups in total. The standard InChI is InChI=1S/C20H11F16N5O/c21-14(22,16(26,27)17(28,29)18(30,31)19(32,33)20(34,35)36)5-6-41-7-9(39-40-41)8-42-12-10-3-1-2-4-11(10)37-13(38-12)15(23,24)25/h1-4,7H,5-6,8H2. The molecule has 0 aliphatic heterocycles. The summed E-state index contributed by atoms with van der Waals surface area (Å²) in [5.41, 5.74) is -0.625. The molecule has 0 atom stereocenters. The van der Waals surface area contributed by atoms with E-state index in [0.717, 1.165) is 0 Å². The van der Waals surface area contributed by atoms with Crippen molar-refractivity contribution >= 4 is 10.9 Å². The van der Waals surface area contributed by atoms with E-state index in [1.807, 2.05) is 0 Å². The number of alkyl halides is 16. The number of para-hydroxylation sites is 1. The molecule has 3 rings (SSSR count). The van der Waals surface area contributed by atoms with Crippen LogP contribution >= 0.6 is 0 Å². The fourth-order valence-electron chi connectivity index (χ4n) is 3.15. The Morgan fingerprint density at radius 2 is 1.26 bits per heavy atom. The van der Waals surface area contributed by atoms with Crippen LogP contribution in [0.3, 0.4) is 0 Å². The van der Waals surface area contributed by atoms with Crippen molar-refractivity contribution in [1.82, 2.24) is 25.0 Å². The smallest absolute Gasteiger partial charge is 0.460 e. The van der Waals surface area contributed by atoms with Crippen LogP contribution in [0.5, 0.6) is 5.88 Å². The molecule has 42 heavy (non-hydrogen) atoms. The normalized spacial score (nSPS) is 14.5. The highest BCUT2D eigenvalue weighted by Gasteiger charge is 2.90. The number of benzene rings is 1. The zero-order valence-electron chi connectivity index (χ0n) is 19.7. The molecular weight excluding hydrogens is 630 g/mol. The average Bonchev–Trinajstić information content (AvgIpc) is 3.32. The Balaban J connectivity index is 1.76. The number of fused-ring (bicyclic) bond motifs is 1. The molecule has 0 spiro atoms. The van der Waals surface area contributed by atoms with Gasteiger partial charge in [-0.05, 0) is 12.1 Å². The van der Waals surface area contributed by atoms with E-state index in [2.05, 4.69) is 20.3 Å². The summed E-state index contributed by atoms with van der Waals surface area (Å²) in [6.45, 7) is -2.37. The minimum absolute atomic E-state index is 0.0337. The van der Waals surface area contributed by atoms with Gasteiger partial charge in [-0.3, -0.25) is 4.68 Å². The van der Waals surface area contributed by atoms with E-state index in [9.17, 15) is 70.2 Å². The lowest BCUT2D eigenvalue weighted by Crippen LogP contribution is -2.70. The van der Waals surface area contributed by atoms with E-state index in [-0.39, 0.29) is 15.6 Å². The Bertz CT molecular complexity index is 1420. The molecule has 0 amide bonds. The summed E-state index contributed by atoms with van der Waals surface area (Å²) in [6, 6.07) is 5.15. The zero-order chi connectivity index (χ0) is 32.2. The Labute approximate surface area is 221 Å². The fraction of sp³-hybridized carbons (Fsp3) is 0.500. The highest BCUT2D eigenvalue weighted by molar-refractivity contribution is 5.83. The van der Waals surface area contributed by atoms with Crippen molar-refractivity contribution in [2.24, 2.45) is 0 Å². The summed E-state index contributed by atoms with van der Waals surface area (Å²) >= 11 is 0. The average molecular weight is 641 g/mol. The van der Waals surface area contributed by atoms with E-state index < -0.39 is 78.9 Å². The minimum Gasteiger partial charge on any atom is -0.470 e. The summed E-state index contributed by atoms with van der Waals surface area (Å²) in [7, 11) is 0. The van der Waals surface area contributed by atoms with Gasteiger partial charge in [0, 0.05) is 13.0 Å². The van der Waals surface area contributed by atoms with Gasteiger partial charge < -0.3 is 4.74 Å². The molecule has 3 aromatic rings. The van der Waals surface area contributed by atoms with Crippen LogP contribution in [0.4, 0.5) is 70.2 Å². The van der Waals surface area contributed by atoms with Crippen molar-refractivity contribution in [2.75, 3.05) is 0 Å². The highest BCUT2D eigenvalue weighted by Crippen LogP contribution is 2.60. The van der Waals surface area contributed by atoms with E-state index >= 15 is 0 Å². The van der Waals surface area contributed by atoms with Gasteiger partial charge in [-0.1, -0.05) is 17.3 Å². The van der Waals surface area contributed by atoms with Gasteiger partial charge in [0.1, 0.15) is 12.3 Å². The molecule has 22 heteroatoms. The van der Waals surface area contributed by atoms with Crippen molar-refractivity contribution in [2.45, 2.75) is 61.5 Å². The number of nitrogens with zero attached hydrogens (tertiary/aromatic N) is 5. The predicted octanol–water partition coefficient (Wildman–Crippen LogP) is 6.95. The van der Waals surface area contributed by atoms with Crippen LogP contribution in [0.2, 0.25) is 0 Å².